The largest absolute Gasteiger partial charge is 0.354 e. The van der Waals surface area contributed by atoms with Crippen LogP contribution >= 0.6 is 0 Å². The van der Waals surface area contributed by atoms with Crippen LogP contribution in [0.15, 0.2) is 78.9 Å². The normalized spacial score (nSPS) is 11.8. The van der Waals surface area contributed by atoms with E-state index in [9.17, 15) is 14.0 Å². The summed E-state index contributed by atoms with van der Waals surface area (Å²) in [6, 6.07) is 23.5. The second-order valence-electron chi connectivity index (χ2n) is 9.66. The summed E-state index contributed by atoms with van der Waals surface area (Å²) >= 11 is 0. The molecule has 0 fully saturated rings. The summed E-state index contributed by atoms with van der Waals surface area (Å²) in [5.41, 5.74) is 4.11. The molecule has 0 aromatic heterocycles. The van der Waals surface area contributed by atoms with Gasteiger partial charge in [0.2, 0.25) is 11.8 Å². The van der Waals surface area contributed by atoms with Gasteiger partial charge in [-0.1, -0.05) is 87.5 Å². The molecule has 36 heavy (non-hydrogen) atoms. The summed E-state index contributed by atoms with van der Waals surface area (Å²) in [6.45, 7) is 6.96. The highest BCUT2D eigenvalue weighted by atomic mass is 19.1. The van der Waals surface area contributed by atoms with Crippen LogP contribution in [-0.4, -0.2) is 29.3 Å². The third kappa shape index (κ3) is 8.33. The fraction of sp³-hybridized carbons (Fsp3) is 0.355. The SMILES string of the molecule is CCc1ccc(CCC(=O)N(Cc2ccc(F)cc2)[C@@H](Cc2ccccc2)C(=O)NCC(C)C)cc1. The fourth-order valence-electron chi connectivity index (χ4n) is 4.10. The van der Waals surface area contributed by atoms with Crippen LogP contribution in [0.25, 0.3) is 0 Å². The van der Waals surface area contributed by atoms with Crippen molar-refractivity contribution >= 4 is 11.8 Å². The van der Waals surface area contributed by atoms with E-state index >= 15 is 0 Å². The van der Waals surface area contributed by atoms with E-state index in [4.69, 9.17) is 0 Å². The molecular weight excluding hydrogens is 451 g/mol. The molecule has 0 radical (unpaired) electrons. The van der Waals surface area contributed by atoms with Crippen molar-refractivity contribution in [2.24, 2.45) is 5.92 Å². The second-order valence-corrected chi connectivity index (χ2v) is 9.66. The van der Waals surface area contributed by atoms with Crippen LogP contribution in [0.5, 0.6) is 0 Å². The van der Waals surface area contributed by atoms with Gasteiger partial charge in [0.25, 0.3) is 0 Å². The van der Waals surface area contributed by atoms with E-state index in [2.05, 4.69) is 36.5 Å². The van der Waals surface area contributed by atoms with E-state index in [1.54, 1.807) is 17.0 Å². The first-order chi connectivity index (χ1) is 17.4. The topological polar surface area (TPSA) is 49.4 Å². The second kappa shape index (κ2) is 13.6. The molecule has 3 aromatic carbocycles. The monoisotopic (exact) mass is 488 g/mol. The maximum Gasteiger partial charge on any atom is 0.243 e. The minimum atomic E-state index is -0.675. The molecule has 2 amide bonds. The Labute approximate surface area is 214 Å². The summed E-state index contributed by atoms with van der Waals surface area (Å²) in [5, 5.41) is 3.03. The van der Waals surface area contributed by atoms with Crippen molar-refractivity contribution in [2.75, 3.05) is 6.54 Å². The molecule has 0 saturated heterocycles. The van der Waals surface area contributed by atoms with Crippen LogP contribution < -0.4 is 5.32 Å². The standard InChI is InChI=1S/C31H37FN2O2/c1-4-24-10-12-25(13-11-24)16-19-30(35)34(22-27-14-17-28(32)18-15-27)29(31(36)33-21-23(2)3)20-26-8-6-5-7-9-26/h5-15,17-18,23,29H,4,16,19-22H2,1-3H3,(H,33,36)/t29-/m0/s1. The zero-order valence-electron chi connectivity index (χ0n) is 21.5. The molecule has 3 aromatic rings. The number of carbonyl (C=O) groups is 2. The van der Waals surface area contributed by atoms with Gasteiger partial charge >= 0.3 is 0 Å². The number of hydrogen-bond acceptors (Lipinski definition) is 2. The molecule has 0 aliphatic rings. The number of amides is 2. The van der Waals surface area contributed by atoms with Gasteiger partial charge in [-0.05, 0) is 53.1 Å². The molecular formula is C31H37FN2O2. The Hall–Kier alpha value is -3.47. The number of hydrogen-bond donors (Lipinski definition) is 1. The maximum absolute atomic E-state index is 13.7. The molecule has 1 N–H and O–H groups in total. The minimum absolute atomic E-state index is 0.0977. The summed E-state index contributed by atoms with van der Waals surface area (Å²) < 4.78 is 13.6. The average molecular weight is 489 g/mol. The lowest BCUT2D eigenvalue weighted by atomic mass is 10.0. The Bertz CT molecular complexity index is 1100. The predicted molar refractivity (Wildman–Crippen MR) is 143 cm³/mol. The summed E-state index contributed by atoms with van der Waals surface area (Å²) in [5.74, 6) is -0.309. The lowest BCUT2D eigenvalue weighted by molar-refractivity contribution is -0.141. The minimum Gasteiger partial charge on any atom is -0.354 e. The highest BCUT2D eigenvalue weighted by Crippen LogP contribution is 2.18. The Morgan fingerprint density at radius 3 is 2.06 bits per heavy atom. The molecule has 3 rings (SSSR count). The van der Waals surface area contributed by atoms with E-state index in [1.807, 2.05) is 44.2 Å². The Kier molecular flexibility index (Phi) is 10.2. The van der Waals surface area contributed by atoms with Gasteiger partial charge in [-0.3, -0.25) is 9.59 Å². The van der Waals surface area contributed by atoms with Gasteiger partial charge in [0, 0.05) is 25.9 Å². The van der Waals surface area contributed by atoms with Gasteiger partial charge in [0.1, 0.15) is 11.9 Å². The molecule has 0 unspecified atom stereocenters. The third-order valence-corrected chi connectivity index (χ3v) is 6.28. The summed E-state index contributed by atoms with van der Waals surface area (Å²) in [7, 11) is 0. The smallest absolute Gasteiger partial charge is 0.243 e. The lowest BCUT2D eigenvalue weighted by Gasteiger charge is -2.32. The van der Waals surface area contributed by atoms with Crippen LogP contribution in [0.2, 0.25) is 0 Å². The zero-order valence-corrected chi connectivity index (χ0v) is 21.5. The molecule has 0 spiro atoms. The van der Waals surface area contributed by atoms with Crippen molar-refractivity contribution in [3.63, 3.8) is 0 Å². The van der Waals surface area contributed by atoms with Gasteiger partial charge in [-0.25, -0.2) is 4.39 Å². The highest BCUT2D eigenvalue weighted by Gasteiger charge is 2.30. The van der Waals surface area contributed by atoms with Crippen LogP contribution in [0, 0.1) is 11.7 Å². The molecule has 190 valence electrons. The average Bonchev–Trinajstić information content (AvgIpc) is 2.89. The van der Waals surface area contributed by atoms with Crippen LogP contribution in [0.4, 0.5) is 4.39 Å². The summed E-state index contributed by atoms with van der Waals surface area (Å²) in [6.07, 6.45) is 2.25. The number of nitrogens with zero attached hydrogens (tertiary/aromatic N) is 1. The lowest BCUT2D eigenvalue weighted by Crippen LogP contribution is -2.51. The number of aryl methyl sites for hydroxylation is 2. The molecule has 0 aliphatic heterocycles. The first kappa shape index (κ1) is 27.1. The maximum atomic E-state index is 13.7. The number of rotatable bonds is 12. The van der Waals surface area contributed by atoms with Crippen LogP contribution in [0.1, 0.15) is 49.4 Å². The van der Waals surface area contributed by atoms with Gasteiger partial charge in [-0.2, -0.15) is 0 Å². The third-order valence-electron chi connectivity index (χ3n) is 6.28. The number of carbonyl (C=O) groups excluding carboxylic acids is 2. The first-order valence-electron chi connectivity index (χ1n) is 12.8. The van der Waals surface area contributed by atoms with E-state index < -0.39 is 6.04 Å². The number of halogens is 1. The van der Waals surface area contributed by atoms with Gasteiger partial charge in [-0.15, -0.1) is 0 Å². The molecule has 4 nitrogen and oxygen atoms in total. The number of benzene rings is 3. The van der Waals surface area contributed by atoms with Crippen molar-refractivity contribution in [2.45, 2.75) is 59.0 Å². The van der Waals surface area contributed by atoms with E-state index in [1.165, 1.54) is 17.7 Å². The molecule has 0 saturated carbocycles. The molecule has 0 aliphatic carbocycles. The summed E-state index contributed by atoms with van der Waals surface area (Å²) in [4.78, 5) is 28.7. The molecule has 0 bridgehead atoms. The van der Waals surface area contributed by atoms with E-state index in [0.717, 1.165) is 23.1 Å². The van der Waals surface area contributed by atoms with Crippen molar-refractivity contribution in [3.05, 3.63) is 107 Å². The van der Waals surface area contributed by atoms with Gasteiger partial charge in [0.15, 0.2) is 0 Å². The van der Waals surface area contributed by atoms with E-state index in [-0.39, 0.29) is 30.6 Å². The van der Waals surface area contributed by atoms with E-state index in [0.29, 0.717) is 25.3 Å². The first-order valence-corrected chi connectivity index (χ1v) is 12.8. The molecule has 0 heterocycles. The fourth-order valence-corrected chi connectivity index (χ4v) is 4.10. The Morgan fingerprint density at radius 1 is 0.833 bits per heavy atom. The van der Waals surface area contributed by atoms with Crippen LogP contribution in [0.3, 0.4) is 0 Å². The number of nitrogens with one attached hydrogen (secondary N) is 1. The quantitative estimate of drug-likeness (QED) is 0.354. The van der Waals surface area contributed by atoms with Crippen molar-refractivity contribution in [1.29, 1.82) is 0 Å². The zero-order chi connectivity index (χ0) is 25.9. The van der Waals surface area contributed by atoms with Crippen molar-refractivity contribution < 1.29 is 14.0 Å². The van der Waals surface area contributed by atoms with Crippen LogP contribution in [-0.2, 0) is 35.4 Å². The van der Waals surface area contributed by atoms with Gasteiger partial charge in [0.05, 0.1) is 0 Å². The Balaban J connectivity index is 1.87. The molecule has 5 heteroatoms. The molecule has 1 atom stereocenters. The van der Waals surface area contributed by atoms with Crippen molar-refractivity contribution in [1.82, 2.24) is 10.2 Å². The highest BCUT2D eigenvalue weighted by molar-refractivity contribution is 5.88. The van der Waals surface area contributed by atoms with Gasteiger partial charge < -0.3 is 10.2 Å². The predicted octanol–water partition coefficient (Wildman–Crippen LogP) is 5.73. The Morgan fingerprint density at radius 2 is 1.44 bits per heavy atom. The van der Waals surface area contributed by atoms with Crippen molar-refractivity contribution in [3.8, 4) is 0 Å².